The number of amides is 1. The summed E-state index contributed by atoms with van der Waals surface area (Å²) in [4.78, 5) is 15.7. The molecule has 10 heteroatoms. The molecular weight excluding hydrogens is 513 g/mol. The van der Waals surface area contributed by atoms with E-state index in [1.807, 2.05) is 35.2 Å². The number of rotatable bonds is 4. The maximum absolute atomic E-state index is 14.2. The van der Waals surface area contributed by atoms with Crippen LogP contribution in [0.5, 0.6) is 0 Å². The Balaban J connectivity index is 1.28. The minimum atomic E-state index is -2.18. The molecule has 0 aromatic heterocycles. The minimum absolute atomic E-state index is 0.00906. The van der Waals surface area contributed by atoms with Crippen molar-refractivity contribution in [3.05, 3.63) is 100 Å². The molecule has 0 spiro atoms. The number of carbonyl (C=O) groups is 1. The second-order valence-electron chi connectivity index (χ2n) is 8.57. The van der Waals surface area contributed by atoms with E-state index in [1.165, 1.54) is 0 Å². The Hall–Kier alpha value is -3.85. The number of carbonyl (C=O) groups excluding carboxylic acids is 1. The molecule has 190 valence electrons. The molecule has 0 unspecified atom stereocenters. The van der Waals surface area contributed by atoms with Gasteiger partial charge in [-0.15, -0.1) is 0 Å². The smallest absolute Gasteiger partial charge is 0.255 e. The van der Waals surface area contributed by atoms with E-state index in [2.05, 4.69) is 5.32 Å². The summed E-state index contributed by atoms with van der Waals surface area (Å²) in [6.45, 7) is 0.467. The fourth-order valence-corrected chi connectivity index (χ4v) is 4.72. The van der Waals surface area contributed by atoms with E-state index in [0.717, 1.165) is 15.7 Å². The number of hydrogen-bond acceptors (Lipinski definition) is 3. The van der Waals surface area contributed by atoms with Crippen LogP contribution in [0.4, 0.5) is 39.0 Å². The van der Waals surface area contributed by atoms with Crippen molar-refractivity contribution in [2.45, 2.75) is 0 Å². The van der Waals surface area contributed by atoms with Gasteiger partial charge in [0.05, 0.1) is 10.7 Å². The molecule has 0 atom stereocenters. The fraction of sp³-hybridized carbons (Fsp3) is 0.148. The van der Waals surface area contributed by atoms with Crippen molar-refractivity contribution >= 4 is 45.3 Å². The van der Waals surface area contributed by atoms with Gasteiger partial charge in [-0.3, -0.25) is 4.79 Å². The predicted octanol–water partition coefficient (Wildman–Crippen LogP) is 6.77. The number of fused-ring (bicyclic) bond motifs is 1. The Morgan fingerprint density at radius 1 is 0.703 bits per heavy atom. The number of nitrogens with zero attached hydrogens (tertiary/aromatic N) is 2. The third-order valence-electron chi connectivity index (χ3n) is 6.34. The molecular formula is C27H19ClF5N3O. The zero-order valence-electron chi connectivity index (χ0n) is 19.2. The van der Waals surface area contributed by atoms with Crippen molar-refractivity contribution in [2.24, 2.45) is 0 Å². The van der Waals surface area contributed by atoms with Crippen LogP contribution in [0.15, 0.2) is 60.7 Å². The average Bonchev–Trinajstić information content (AvgIpc) is 2.91. The molecule has 1 aliphatic rings. The highest BCUT2D eigenvalue weighted by molar-refractivity contribution is 6.33. The molecule has 1 aliphatic heterocycles. The molecule has 0 aliphatic carbocycles. The lowest BCUT2D eigenvalue weighted by molar-refractivity contribution is 0.102. The number of halogens is 6. The molecule has 4 aromatic rings. The largest absolute Gasteiger partial charge is 0.367 e. The van der Waals surface area contributed by atoms with Crippen LogP contribution in [0.1, 0.15) is 10.4 Å². The summed E-state index contributed by atoms with van der Waals surface area (Å²) in [7, 11) is 0. The van der Waals surface area contributed by atoms with Crippen molar-refractivity contribution in [3.8, 4) is 0 Å². The summed E-state index contributed by atoms with van der Waals surface area (Å²) in [5.74, 6) is -10.1. The highest BCUT2D eigenvalue weighted by Crippen LogP contribution is 2.33. The van der Waals surface area contributed by atoms with E-state index in [9.17, 15) is 26.7 Å². The van der Waals surface area contributed by atoms with E-state index in [-0.39, 0.29) is 32.1 Å². The lowest BCUT2D eigenvalue weighted by atomic mass is 10.1. The predicted molar refractivity (Wildman–Crippen MR) is 134 cm³/mol. The van der Waals surface area contributed by atoms with Gasteiger partial charge in [-0.25, -0.2) is 22.0 Å². The van der Waals surface area contributed by atoms with Crippen molar-refractivity contribution in [1.29, 1.82) is 0 Å². The number of benzene rings is 4. The summed E-state index contributed by atoms with van der Waals surface area (Å²) in [6, 6.07) is 18.1. The van der Waals surface area contributed by atoms with Crippen LogP contribution in [0.3, 0.4) is 0 Å². The maximum atomic E-state index is 14.2. The Morgan fingerprint density at radius 3 is 1.95 bits per heavy atom. The monoisotopic (exact) mass is 531 g/mol. The SMILES string of the molecule is O=C(Nc1ccc(N2CCN(c3c(F)c(F)c(F)c(F)c3F)CC2)c(Cl)c1)c1ccc2ccccc2c1. The summed E-state index contributed by atoms with van der Waals surface area (Å²) >= 11 is 6.47. The topological polar surface area (TPSA) is 35.6 Å². The Kier molecular flexibility index (Phi) is 6.64. The molecule has 1 saturated heterocycles. The minimum Gasteiger partial charge on any atom is -0.367 e. The molecule has 37 heavy (non-hydrogen) atoms. The fourth-order valence-electron chi connectivity index (χ4n) is 4.42. The Morgan fingerprint density at radius 2 is 1.30 bits per heavy atom. The molecule has 0 bridgehead atoms. The van der Waals surface area contributed by atoms with E-state index >= 15 is 0 Å². The van der Waals surface area contributed by atoms with Crippen LogP contribution in [0.25, 0.3) is 10.8 Å². The second-order valence-corrected chi connectivity index (χ2v) is 8.98. The van der Waals surface area contributed by atoms with E-state index in [0.29, 0.717) is 22.0 Å². The third-order valence-corrected chi connectivity index (χ3v) is 6.64. The van der Waals surface area contributed by atoms with Gasteiger partial charge in [0, 0.05) is 37.4 Å². The van der Waals surface area contributed by atoms with Gasteiger partial charge in [-0.1, -0.05) is 41.9 Å². The van der Waals surface area contributed by atoms with Crippen molar-refractivity contribution in [1.82, 2.24) is 0 Å². The van der Waals surface area contributed by atoms with Crippen molar-refractivity contribution in [3.63, 3.8) is 0 Å². The van der Waals surface area contributed by atoms with Gasteiger partial charge >= 0.3 is 0 Å². The Bertz CT molecular complexity index is 1490. The first kappa shape index (κ1) is 24.8. The van der Waals surface area contributed by atoms with Gasteiger partial charge in [-0.2, -0.15) is 0 Å². The first-order valence-electron chi connectivity index (χ1n) is 11.4. The molecule has 4 nitrogen and oxygen atoms in total. The normalized spacial score (nSPS) is 13.8. The molecule has 1 heterocycles. The van der Waals surface area contributed by atoms with Gasteiger partial charge in [0.1, 0.15) is 5.69 Å². The lowest BCUT2D eigenvalue weighted by Crippen LogP contribution is -2.47. The van der Waals surface area contributed by atoms with E-state index in [4.69, 9.17) is 11.6 Å². The average molecular weight is 532 g/mol. The Labute approximate surface area is 213 Å². The van der Waals surface area contributed by atoms with Crippen LogP contribution in [0, 0.1) is 29.1 Å². The van der Waals surface area contributed by atoms with Gasteiger partial charge in [0.25, 0.3) is 5.91 Å². The quantitative estimate of drug-likeness (QED) is 0.179. The second kappa shape index (κ2) is 9.89. The zero-order chi connectivity index (χ0) is 26.3. The van der Waals surface area contributed by atoms with Crippen LogP contribution < -0.4 is 15.1 Å². The first-order chi connectivity index (χ1) is 17.7. The van der Waals surface area contributed by atoms with Crippen molar-refractivity contribution < 1.29 is 26.7 Å². The standard InChI is InChI=1S/C27H19ClF5N3O/c28-19-14-18(34-27(37)17-6-5-15-3-1-2-4-16(15)13-17)7-8-20(19)35-9-11-36(12-10-35)26-24(32)22(30)21(29)23(31)25(26)33/h1-8,13-14H,9-12H2,(H,34,37). The molecule has 1 N–H and O–H groups in total. The van der Waals surface area contributed by atoms with Crippen molar-refractivity contribution in [2.75, 3.05) is 41.3 Å². The summed E-state index contributed by atoms with van der Waals surface area (Å²) in [5, 5.41) is 5.11. The van der Waals surface area contributed by atoms with E-state index in [1.54, 1.807) is 30.3 Å². The lowest BCUT2D eigenvalue weighted by Gasteiger charge is -2.38. The molecule has 4 aromatic carbocycles. The van der Waals surface area contributed by atoms with Crippen LogP contribution in [-0.4, -0.2) is 32.1 Å². The third kappa shape index (κ3) is 4.67. The summed E-state index contributed by atoms with van der Waals surface area (Å²) < 4.78 is 69.0. The highest BCUT2D eigenvalue weighted by Gasteiger charge is 2.31. The van der Waals surface area contributed by atoms with Crippen LogP contribution in [0.2, 0.25) is 5.02 Å². The molecule has 5 rings (SSSR count). The number of anilines is 3. The highest BCUT2D eigenvalue weighted by atomic mass is 35.5. The number of piperazine rings is 1. The summed E-state index contributed by atoms with van der Waals surface area (Å²) in [5.41, 5.74) is 0.645. The molecule has 0 saturated carbocycles. The van der Waals surface area contributed by atoms with Gasteiger partial charge < -0.3 is 15.1 Å². The molecule has 1 fully saturated rings. The van der Waals surface area contributed by atoms with Crippen LogP contribution >= 0.6 is 11.6 Å². The first-order valence-corrected chi connectivity index (χ1v) is 11.7. The molecule has 0 radical (unpaired) electrons. The van der Waals surface area contributed by atoms with E-state index < -0.39 is 34.8 Å². The maximum Gasteiger partial charge on any atom is 0.255 e. The van der Waals surface area contributed by atoms with Gasteiger partial charge in [0.2, 0.25) is 5.82 Å². The number of hydrogen-bond donors (Lipinski definition) is 1. The summed E-state index contributed by atoms with van der Waals surface area (Å²) in [6.07, 6.45) is 0. The van der Waals surface area contributed by atoms with Crippen LogP contribution in [-0.2, 0) is 0 Å². The molecule has 1 amide bonds. The zero-order valence-corrected chi connectivity index (χ0v) is 19.9. The van der Waals surface area contributed by atoms with Gasteiger partial charge in [0.15, 0.2) is 23.3 Å². The number of nitrogens with one attached hydrogen (secondary N) is 1. The van der Waals surface area contributed by atoms with Gasteiger partial charge in [-0.05, 0) is 41.1 Å².